The predicted octanol–water partition coefficient (Wildman–Crippen LogP) is 15.7. The zero-order valence-corrected chi connectivity index (χ0v) is 31.8. The van der Waals surface area contributed by atoms with E-state index in [0.29, 0.717) is 0 Å². The monoisotopic (exact) mass is 735 g/mol. The van der Waals surface area contributed by atoms with E-state index >= 15 is 0 Å². The van der Waals surface area contributed by atoms with Crippen LogP contribution in [-0.2, 0) is 0 Å². The highest BCUT2D eigenvalue weighted by Gasteiger charge is 2.19. The van der Waals surface area contributed by atoms with Crippen LogP contribution in [0.5, 0.6) is 0 Å². The maximum atomic E-state index is 5.01. The summed E-state index contributed by atoms with van der Waals surface area (Å²) < 4.78 is 0. The lowest BCUT2D eigenvalue weighted by atomic mass is 9.84. The fourth-order valence-corrected chi connectivity index (χ4v) is 8.82. The van der Waals surface area contributed by atoms with Crippen molar-refractivity contribution >= 4 is 43.1 Å². The summed E-state index contributed by atoms with van der Waals surface area (Å²) in [5.74, 6) is 0. The zero-order chi connectivity index (χ0) is 38.4. The van der Waals surface area contributed by atoms with E-state index < -0.39 is 0 Å². The number of nitrogens with zero attached hydrogens (tertiary/aromatic N) is 1. The largest absolute Gasteiger partial charge is 0.256 e. The lowest BCUT2D eigenvalue weighted by Crippen LogP contribution is -1.92. The molecule has 0 saturated heterocycles. The Kier molecular flexibility index (Phi) is 8.23. The van der Waals surface area contributed by atoms with Crippen molar-refractivity contribution in [1.82, 2.24) is 4.98 Å². The van der Waals surface area contributed by atoms with E-state index in [-0.39, 0.29) is 0 Å². The van der Waals surface area contributed by atoms with Gasteiger partial charge in [0.05, 0.1) is 5.69 Å². The van der Waals surface area contributed by atoms with Crippen molar-refractivity contribution in [2.75, 3.05) is 0 Å². The summed E-state index contributed by atoms with van der Waals surface area (Å²) in [6, 6.07) is 79.4. The Morgan fingerprint density at radius 3 is 1.29 bits per heavy atom. The molecule has 1 heteroatoms. The molecule has 270 valence electrons. The number of rotatable bonds is 6. The Bertz CT molecular complexity index is 3310. The molecule has 0 radical (unpaired) electrons. The Hall–Kier alpha value is -7.61. The molecule has 58 heavy (non-hydrogen) atoms. The van der Waals surface area contributed by atoms with Gasteiger partial charge in [0.25, 0.3) is 0 Å². The molecule has 1 aromatic heterocycles. The van der Waals surface area contributed by atoms with Gasteiger partial charge in [-0.05, 0) is 117 Å². The first kappa shape index (κ1) is 33.7. The Morgan fingerprint density at radius 2 is 0.690 bits per heavy atom. The summed E-state index contributed by atoms with van der Waals surface area (Å²) in [6.07, 6.45) is 2.02. The molecule has 0 atom stereocenters. The van der Waals surface area contributed by atoms with Crippen LogP contribution in [0.15, 0.2) is 225 Å². The summed E-state index contributed by atoms with van der Waals surface area (Å²) in [6.45, 7) is 0. The van der Waals surface area contributed by atoms with E-state index in [9.17, 15) is 0 Å². The van der Waals surface area contributed by atoms with Crippen LogP contribution in [-0.4, -0.2) is 4.98 Å². The van der Waals surface area contributed by atoms with Gasteiger partial charge in [-0.15, -0.1) is 0 Å². The quantitative estimate of drug-likeness (QED) is 0.155. The lowest BCUT2D eigenvalue weighted by molar-refractivity contribution is 1.32. The molecule has 0 N–H and O–H groups in total. The molecular weight excluding hydrogens is 699 g/mol. The molecule has 0 saturated carbocycles. The fourth-order valence-electron chi connectivity index (χ4n) is 8.82. The predicted molar refractivity (Wildman–Crippen MR) is 247 cm³/mol. The zero-order valence-electron chi connectivity index (χ0n) is 31.8. The van der Waals surface area contributed by atoms with Crippen LogP contribution in [0.3, 0.4) is 0 Å². The highest BCUT2D eigenvalue weighted by Crippen LogP contribution is 2.46. The van der Waals surface area contributed by atoms with Gasteiger partial charge >= 0.3 is 0 Å². The maximum Gasteiger partial charge on any atom is 0.0708 e. The number of aromatic nitrogens is 1. The van der Waals surface area contributed by atoms with Crippen molar-refractivity contribution in [2.45, 2.75) is 0 Å². The third kappa shape index (κ3) is 5.93. The standard InChI is InChI=1S/C57H37N/c1-3-15-41(16-4-1)52-36-55(58-37-54(52)42-17-5-2-6-18-42)43-27-23-40(24-28-43)46-31-32-51-53(35-46)57(48-30-26-39-14-8-10-20-45(39)34-48)50-22-12-11-21-49(50)56(51)47-29-25-38-13-7-9-19-44(38)33-47/h1-37H. The average molecular weight is 736 g/mol. The molecule has 0 aliphatic heterocycles. The topological polar surface area (TPSA) is 12.9 Å². The molecule has 1 heterocycles. The fraction of sp³-hybridized carbons (Fsp3) is 0. The first-order valence-electron chi connectivity index (χ1n) is 19.9. The van der Waals surface area contributed by atoms with Crippen molar-refractivity contribution in [1.29, 1.82) is 0 Å². The normalized spacial score (nSPS) is 11.4. The number of hydrogen-bond donors (Lipinski definition) is 0. The van der Waals surface area contributed by atoms with Gasteiger partial charge in [-0.1, -0.05) is 194 Å². The van der Waals surface area contributed by atoms with E-state index in [4.69, 9.17) is 4.98 Å². The van der Waals surface area contributed by atoms with Crippen LogP contribution < -0.4 is 0 Å². The van der Waals surface area contributed by atoms with E-state index in [1.165, 1.54) is 87.6 Å². The summed E-state index contributed by atoms with van der Waals surface area (Å²) in [4.78, 5) is 5.01. The Morgan fingerprint density at radius 1 is 0.241 bits per heavy atom. The van der Waals surface area contributed by atoms with Crippen LogP contribution in [0.4, 0.5) is 0 Å². The molecule has 10 aromatic carbocycles. The van der Waals surface area contributed by atoms with Gasteiger partial charge in [-0.25, -0.2) is 0 Å². The van der Waals surface area contributed by atoms with E-state index in [1.54, 1.807) is 0 Å². The van der Waals surface area contributed by atoms with Gasteiger partial charge in [-0.3, -0.25) is 4.98 Å². The Labute approximate surface area is 338 Å². The van der Waals surface area contributed by atoms with E-state index in [0.717, 1.165) is 22.4 Å². The van der Waals surface area contributed by atoms with Crippen LogP contribution in [0, 0.1) is 0 Å². The second-order valence-corrected chi connectivity index (χ2v) is 15.1. The van der Waals surface area contributed by atoms with Gasteiger partial charge in [0.15, 0.2) is 0 Å². The molecule has 0 spiro atoms. The van der Waals surface area contributed by atoms with Gasteiger partial charge in [0.2, 0.25) is 0 Å². The highest BCUT2D eigenvalue weighted by molar-refractivity contribution is 6.22. The van der Waals surface area contributed by atoms with Crippen LogP contribution in [0.1, 0.15) is 0 Å². The van der Waals surface area contributed by atoms with Crippen molar-refractivity contribution in [3.05, 3.63) is 225 Å². The summed E-state index contributed by atoms with van der Waals surface area (Å²) in [5.41, 5.74) is 14.0. The van der Waals surface area contributed by atoms with Crippen molar-refractivity contribution < 1.29 is 0 Å². The summed E-state index contributed by atoms with van der Waals surface area (Å²) in [7, 11) is 0. The second kappa shape index (κ2) is 14.2. The molecule has 11 rings (SSSR count). The third-order valence-electron chi connectivity index (χ3n) is 11.7. The van der Waals surface area contributed by atoms with Crippen LogP contribution in [0.2, 0.25) is 0 Å². The number of fused-ring (bicyclic) bond motifs is 4. The molecule has 0 unspecified atom stereocenters. The third-order valence-corrected chi connectivity index (χ3v) is 11.7. The molecule has 1 nitrogen and oxygen atoms in total. The smallest absolute Gasteiger partial charge is 0.0708 e. The molecular formula is C57H37N. The van der Waals surface area contributed by atoms with Gasteiger partial charge in [0, 0.05) is 17.3 Å². The van der Waals surface area contributed by atoms with Gasteiger partial charge in [-0.2, -0.15) is 0 Å². The minimum absolute atomic E-state index is 0.952. The van der Waals surface area contributed by atoms with Crippen molar-refractivity contribution in [3.63, 3.8) is 0 Å². The lowest BCUT2D eigenvalue weighted by Gasteiger charge is -2.19. The maximum absolute atomic E-state index is 5.01. The molecule has 11 aromatic rings. The highest BCUT2D eigenvalue weighted by atomic mass is 14.7. The Balaban J connectivity index is 1.08. The van der Waals surface area contributed by atoms with Gasteiger partial charge in [0.1, 0.15) is 0 Å². The minimum atomic E-state index is 0.952. The van der Waals surface area contributed by atoms with Gasteiger partial charge < -0.3 is 0 Å². The summed E-state index contributed by atoms with van der Waals surface area (Å²) >= 11 is 0. The van der Waals surface area contributed by atoms with Crippen LogP contribution in [0.25, 0.3) is 110 Å². The molecule has 0 aliphatic rings. The van der Waals surface area contributed by atoms with Crippen LogP contribution >= 0.6 is 0 Å². The average Bonchev–Trinajstić information content (AvgIpc) is 3.30. The molecule has 0 amide bonds. The molecule has 0 fully saturated rings. The second-order valence-electron chi connectivity index (χ2n) is 15.1. The SMILES string of the molecule is c1ccc(-c2cnc(-c3ccc(-c4ccc5c(-c6ccc7ccccc7c6)c6ccccc6c(-c6ccc7ccccc7c6)c5c4)cc3)cc2-c2ccccc2)cc1. The molecule has 0 aliphatic carbocycles. The number of benzene rings is 10. The van der Waals surface area contributed by atoms with Crippen molar-refractivity contribution in [2.24, 2.45) is 0 Å². The first-order valence-corrected chi connectivity index (χ1v) is 19.9. The first-order chi connectivity index (χ1) is 28.7. The number of hydrogen-bond acceptors (Lipinski definition) is 1. The number of pyridine rings is 1. The van der Waals surface area contributed by atoms with E-state index in [2.05, 4.69) is 218 Å². The molecule has 0 bridgehead atoms. The minimum Gasteiger partial charge on any atom is -0.256 e. The van der Waals surface area contributed by atoms with E-state index in [1.807, 2.05) is 6.20 Å². The van der Waals surface area contributed by atoms with Crippen molar-refractivity contribution in [3.8, 4) is 66.9 Å². The summed E-state index contributed by atoms with van der Waals surface area (Å²) in [5, 5.41) is 9.96.